The first-order chi connectivity index (χ1) is 26.9. The van der Waals surface area contributed by atoms with E-state index in [2.05, 4.69) is 43.8 Å². The first kappa shape index (κ1) is 36.0. The van der Waals surface area contributed by atoms with Crippen molar-refractivity contribution >= 4 is 28.7 Å². The molecule has 4 atom stereocenters. The van der Waals surface area contributed by atoms with E-state index in [1.807, 2.05) is 91.0 Å². The van der Waals surface area contributed by atoms with E-state index in [4.69, 9.17) is 9.47 Å². The van der Waals surface area contributed by atoms with Gasteiger partial charge in [0, 0.05) is 23.8 Å². The molecule has 1 fully saturated rings. The zero-order valence-corrected chi connectivity index (χ0v) is 30.6. The first-order valence-electron chi connectivity index (χ1n) is 17.8. The number of aliphatic hydroxyl groups excluding tert-OH is 1. The lowest BCUT2D eigenvalue weighted by atomic mass is 9.91. The van der Waals surface area contributed by atoms with Gasteiger partial charge in [-0.1, -0.05) is 97.5 Å². The summed E-state index contributed by atoms with van der Waals surface area (Å²) in [6.45, 7) is 2.41. The second-order valence-electron chi connectivity index (χ2n) is 13.3. The van der Waals surface area contributed by atoms with Gasteiger partial charge >= 0.3 is 0 Å². The molecule has 0 spiro atoms. The number of hydrogen-bond donors (Lipinski definition) is 3. The lowest BCUT2D eigenvalue weighted by molar-refractivity contribution is -0.268. The number of benzene rings is 5. The molecule has 0 aliphatic carbocycles. The van der Waals surface area contributed by atoms with Crippen molar-refractivity contribution in [2.24, 2.45) is 5.92 Å². The van der Waals surface area contributed by atoms with Crippen LogP contribution in [-0.4, -0.2) is 58.2 Å². The standard InChI is InChI=1S/C42H37N7O5S/c1-26-38(25-55-42-46-47-48-49(42)33-17-19-34(51)20-18-33)53-41(54-39(26)30-11-9-27(24-50)10-12-30)31-15-13-29(14-16-31)32-6-4-5-28(21-32)22-44-40(52)37-23-43-35-7-2-3-8-36(35)45-37/h2-21,23,26,38-39,41,50-51H,22,24-25H2,1H3,(H,44,52)/t26-,38+,39+,41+/m0/s1. The Kier molecular flexibility index (Phi) is 10.6. The molecule has 1 amide bonds. The van der Waals surface area contributed by atoms with Crippen LogP contribution in [0.3, 0.4) is 0 Å². The molecule has 1 aliphatic heterocycles. The summed E-state index contributed by atoms with van der Waals surface area (Å²) in [5, 5.41) is 35.3. The van der Waals surface area contributed by atoms with E-state index >= 15 is 0 Å². The molecule has 12 nitrogen and oxygen atoms in total. The van der Waals surface area contributed by atoms with Gasteiger partial charge < -0.3 is 25.0 Å². The number of carbonyl (C=O) groups excluding carboxylic acids is 1. The highest BCUT2D eigenvalue weighted by atomic mass is 32.2. The molecule has 3 N–H and O–H groups in total. The number of tetrazole rings is 1. The van der Waals surface area contributed by atoms with Gasteiger partial charge in [-0.3, -0.25) is 9.78 Å². The van der Waals surface area contributed by atoms with Gasteiger partial charge in [0.15, 0.2) is 6.29 Å². The first-order valence-corrected chi connectivity index (χ1v) is 18.8. The molecule has 0 radical (unpaired) electrons. The Hall–Kier alpha value is -5.99. The quantitative estimate of drug-likeness (QED) is 0.117. The summed E-state index contributed by atoms with van der Waals surface area (Å²) < 4.78 is 15.0. The van der Waals surface area contributed by atoms with Gasteiger partial charge in [-0.2, -0.15) is 4.68 Å². The number of aromatic hydroxyl groups is 1. The molecule has 8 rings (SSSR count). The summed E-state index contributed by atoms with van der Waals surface area (Å²) in [6.07, 6.45) is 0.336. The number of nitrogens with zero attached hydrogens (tertiary/aromatic N) is 6. The topological polar surface area (TPSA) is 157 Å². The van der Waals surface area contributed by atoms with Crippen molar-refractivity contribution in [2.75, 3.05) is 5.75 Å². The van der Waals surface area contributed by atoms with E-state index in [1.54, 1.807) is 28.9 Å². The smallest absolute Gasteiger partial charge is 0.271 e. The maximum Gasteiger partial charge on any atom is 0.271 e. The molecule has 1 saturated heterocycles. The molecular formula is C42H37N7O5S. The summed E-state index contributed by atoms with van der Waals surface area (Å²) in [5.41, 5.74) is 8.07. The predicted molar refractivity (Wildman–Crippen MR) is 207 cm³/mol. The minimum Gasteiger partial charge on any atom is -0.508 e. The Morgan fingerprint density at radius 3 is 2.38 bits per heavy atom. The fourth-order valence-corrected chi connectivity index (χ4v) is 7.58. The van der Waals surface area contributed by atoms with Crippen LogP contribution in [0.1, 0.15) is 52.1 Å². The second-order valence-corrected chi connectivity index (χ2v) is 14.3. The number of aromatic nitrogens is 6. The summed E-state index contributed by atoms with van der Waals surface area (Å²) in [6, 6.07) is 38.2. The van der Waals surface area contributed by atoms with Gasteiger partial charge in [-0.25, -0.2) is 4.98 Å². The second kappa shape index (κ2) is 16.2. The Labute approximate surface area is 321 Å². The van der Waals surface area contributed by atoms with Crippen LogP contribution in [0.2, 0.25) is 0 Å². The highest BCUT2D eigenvalue weighted by molar-refractivity contribution is 7.99. The van der Waals surface area contributed by atoms with Crippen molar-refractivity contribution in [1.29, 1.82) is 0 Å². The molecule has 0 bridgehead atoms. The highest BCUT2D eigenvalue weighted by Gasteiger charge is 2.38. The molecular weight excluding hydrogens is 715 g/mol. The Bertz CT molecular complexity index is 2410. The minimum absolute atomic E-state index is 0.0301. The van der Waals surface area contributed by atoms with Crippen LogP contribution in [0.15, 0.2) is 133 Å². The largest absolute Gasteiger partial charge is 0.508 e. The van der Waals surface area contributed by atoms with Crippen LogP contribution in [0, 0.1) is 5.92 Å². The monoisotopic (exact) mass is 751 g/mol. The number of fused-ring (bicyclic) bond motifs is 1. The third-order valence-electron chi connectivity index (χ3n) is 9.61. The van der Waals surface area contributed by atoms with Crippen LogP contribution < -0.4 is 5.32 Å². The molecule has 7 aromatic rings. The van der Waals surface area contributed by atoms with Crippen molar-refractivity contribution in [1.82, 2.24) is 35.5 Å². The van der Waals surface area contributed by atoms with Crippen molar-refractivity contribution in [2.45, 2.75) is 43.7 Å². The zero-order chi connectivity index (χ0) is 37.7. The van der Waals surface area contributed by atoms with E-state index in [1.165, 1.54) is 18.0 Å². The minimum atomic E-state index is -0.647. The van der Waals surface area contributed by atoms with Crippen molar-refractivity contribution in [3.05, 3.63) is 155 Å². The highest BCUT2D eigenvalue weighted by Crippen LogP contribution is 2.43. The number of rotatable bonds is 11. The number of para-hydroxylation sites is 2. The average molecular weight is 752 g/mol. The fourth-order valence-electron chi connectivity index (χ4n) is 6.52. The van der Waals surface area contributed by atoms with Crippen LogP contribution >= 0.6 is 11.8 Å². The maximum absolute atomic E-state index is 12.9. The van der Waals surface area contributed by atoms with Gasteiger partial charge in [-0.05, 0) is 80.7 Å². The van der Waals surface area contributed by atoms with Gasteiger partial charge in [-0.15, -0.1) is 5.10 Å². The van der Waals surface area contributed by atoms with Crippen LogP contribution in [0.25, 0.3) is 27.8 Å². The number of thioether (sulfide) groups is 1. The molecule has 13 heteroatoms. The number of nitrogens with one attached hydrogen (secondary N) is 1. The summed E-state index contributed by atoms with van der Waals surface area (Å²) >= 11 is 1.49. The fraction of sp³-hybridized carbons (Fsp3) is 0.190. The number of phenols is 1. The van der Waals surface area contributed by atoms with Gasteiger partial charge in [0.2, 0.25) is 5.16 Å². The molecule has 5 aromatic carbocycles. The molecule has 0 saturated carbocycles. The van der Waals surface area contributed by atoms with Crippen LogP contribution in [0.5, 0.6) is 5.75 Å². The Balaban J connectivity index is 0.978. The summed E-state index contributed by atoms with van der Waals surface area (Å²) in [4.78, 5) is 21.7. The molecule has 3 heterocycles. The van der Waals surface area contributed by atoms with Crippen LogP contribution in [0.4, 0.5) is 0 Å². The number of ether oxygens (including phenoxy) is 2. The SMILES string of the molecule is C[C@H]1[C@@H](CSc2nnnn2-c2ccc(O)cc2)O[C@@H](c2ccc(-c3cccc(CNC(=O)c4cnc5ccccc5n4)c3)cc2)O[C@H]1c1ccc(CO)cc1. The zero-order valence-electron chi connectivity index (χ0n) is 29.8. The van der Waals surface area contributed by atoms with Gasteiger partial charge in [0.25, 0.3) is 5.91 Å². The third-order valence-corrected chi connectivity index (χ3v) is 10.6. The third kappa shape index (κ3) is 8.10. The maximum atomic E-state index is 12.9. The van der Waals surface area contributed by atoms with E-state index < -0.39 is 6.29 Å². The molecule has 55 heavy (non-hydrogen) atoms. The lowest BCUT2D eigenvalue weighted by Gasteiger charge is -2.41. The predicted octanol–water partition coefficient (Wildman–Crippen LogP) is 6.98. The Morgan fingerprint density at radius 2 is 1.60 bits per heavy atom. The number of carbonyl (C=O) groups is 1. The summed E-state index contributed by atoms with van der Waals surface area (Å²) in [5.74, 6) is 0.401. The van der Waals surface area contributed by atoms with E-state index in [-0.39, 0.29) is 42.1 Å². The number of aliphatic hydroxyl groups is 1. The van der Waals surface area contributed by atoms with Gasteiger partial charge in [0.05, 0.1) is 41.7 Å². The van der Waals surface area contributed by atoms with E-state index in [0.717, 1.165) is 44.6 Å². The average Bonchev–Trinajstić information content (AvgIpc) is 3.71. The van der Waals surface area contributed by atoms with E-state index in [0.29, 0.717) is 23.0 Å². The van der Waals surface area contributed by atoms with Crippen molar-refractivity contribution in [3.63, 3.8) is 0 Å². The molecule has 2 aromatic heterocycles. The normalized spacial score (nSPS) is 18.3. The van der Waals surface area contributed by atoms with Crippen molar-refractivity contribution < 1.29 is 24.5 Å². The van der Waals surface area contributed by atoms with Crippen molar-refractivity contribution in [3.8, 4) is 22.6 Å². The molecule has 0 unspecified atom stereocenters. The number of phenolic OH excluding ortho intramolecular Hbond substituents is 1. The van der Waals surface area contributed by atoms with E-state index in [9.17, 15) is 15.0 Å². The number of amides is 1. The number of hydrogen-bond acceptors (Lipinski definition) is 11. The van der Waals surface area contributed by atoms with Gasteiger partial charge in [0.1, 0.15) is 11.4 Å². The van der Waals surface area contributed by atoms with Crippen LogP contribution in [-0.2, 0) is 22.6 Å². The molecule has 276 valence electrons. The lowest BCUT2D eigenvalue weighted by Crippen LogP contribution is -2.38. The Morgan fingerprint density at radius 1 is 0.836 bits per heavy atom. The molecule has 1 aliphatic rings. The summed E-state index contributed by atoms with van der Waals surface area (Å²) in [7, 11) is 0.